The summed E-state index contributed by atoms with van der Waals surface area (Å²) in [5.74, 6) is -0.599. The quantitative estimate of drug-likeness (QED) is 0.201. The molecule has 1 amide bonds. The molecule has 186 valence electrons. The second kappa shape index (κ2) is 12.9. The van der Waals surface area contributed by atoms with E-state index in [1.807, 2.05) is 31.2 Å². The van der Waals surface area contributed by atoms with Gasteiger partial charge < -0.3 is 19.3 Å². The maximum absolute atomic E-state index is 12.9. The topological polar surface area (TPSA) is 102 Å². The Hall–Kier alpha value is -3.33. The number of para-hydroxylation sites is 2. The first-order valence-electron chi connectivity index (χ1n) is 11.8. The number of carboxylic acid groups (broad SMARTS) is 1. The van der Waals surface area contributed by atoms with Crippen LogP contribution in [0.3, 0.4) is 0 Å². The van der Waals surface area contributed by atoms with Crippen molar-refractivity contribution in [3.8, 4) is 0 Å². The number of amides is 1. The Kier molecular flexibility index (Phi) is 9.72. The summed E-state index contributed by atoms with van der Waals surface area (Å²) in [7, 11) is 0. The molecule has 0 spiro atoms. The molecule has 1 heterocycles. The van der Waals surface area contributed by atoms with E-state index in [0.717, 1.165) is 29.6 Å². The fourth-order valence-corrected chi connectivity index (χ4v) is 4.63. The van der Waals surface area contributed by atoms with Crippen LogP contribution in [-0.4, -0.2) is 51.4 Å². The molecule has 0 saturated heterocycles. The number of aliphatic carboxylic acids is 1. The second-order valence-electron chi connectivity index (χ2n) is 7.98. The van der Waals surface area contributed by atoms with Crippen LogP contribution in [0, 0.1) is 0 Å². The van der Waals surface area contributed by atoms with Gasteiger partial charge in [-0.2, -0.15) is 0 Å². The Bertz CT molecular complexity index is 1160. The minimum Gasteiger partial charge on any atom is -0.480 e. The largest absolute Gasteiger partial charge is 0.480 e. The summed E-state index contributed by atoms with van der Waals surface area (Å²) in [5, 5.41) is 9.97. The lowest BCUT2D eigenvalue weighted by molar-refractivity contribution is -0.137. The number of anilines is 1. The summed E-state index contributed by atoms with van der Waals surface area (Å²) in [5.41, 5.74) is 2.73. The van der Waals surface area contributed by atoms with Gasteiger partial charge in [-0.05, 0) is 56.2 Å². The van der Waals surface area contributed by atoms with E-state index in [9.17, 15) is 19.5 Å². The number of fused-ring (bicyclic) bond motifs is 1. The SMILES string of the molecule is CCCCC(=O)N(CCCSc1nc2ccccc2n1CC(=O)O)c1ccc(C(=O)OCC)cc1. The zero-order chi connectivity index (χ0) is 25.2. The van der Waals surface area contributed by atoms with Gasteiger partial charge in [0.25, 0.3) is 0 Å². The first-order valence-corrected chi connectivity index (χ1v) is 12.8. The smallest absolute Gasteiger partial charge is 0.338 e. The van der Waals surface area contributed by atoms with Crippen molar-refractivity contribution in [3.05, 3.63) is 54.1 Å². The Morgan fingerprint density at radius 2 is 1.80 bits per heavy atom. The molecule has 2 aromatic carbocycles. The third kappa shape index (κ3) is 7.08. The number of aromatic nitrogens is 2. The van der Waals surface area contributed by atoms with Crippen molar-refractivity contribution in [2.45, 2.75) is 51.2 Å². The lowest BCUT2D eigenvalue weighted by Crippen LogP contribution is -2.32. The van der Waals surface area contributed by atoms with Gasteiger partial charge in [-0.1, -0.05) is 37.2 Å². The van der Waals surface area contributed by atoms with E-state index in [0.29, 0.717) is 42.5 Å². The van der Waals surface area contributed by atoms with Gasteiger partial charge in [0.2, 0.25) is 5.91 Å². The van der Waals surface area contributed by atoms with E-state index in [1.54, 1.807) is 40.7 Å². The summed E-state index contributed by atoms with van der Waals surface area (Å²) in [6, 6.07) is 14.4. The van der Waals surface area contributed by atoms with Crippen molar-refractivity contribution in [2.24, 2.45) is 0 Å². The summed E-state index contributed by atoms with van der Waals surface area (Å²) >= 11 is 1.48. The number of nitrogens with zero attached hydrogens (tertiary/aromatic N) is 3. The van der Waals surface area contributed by atoms with Crippen LogP contribution in [0.1, 0.15) is 49.9 Å². The van der Waals surface area contributed by atoms with Crippen molar-refractivity contribution in [2.75, 3.05) is 23.8 Å². The first-order chi connectivity index (χ1) is 16.9. The highest BCUT2D eigenvalue weighted by molar-refractivity contribution is 7.99. The zero-order valence-electron chi connectivity index (χ0n) is 20.1. The van der Waals surface area contributed by atoms with Crippen LogP contribution in [0.25, 0.3) is 11.0 Å². The molecule has 3 rings (SSSR count). The van der Waals surface area contributed by atoms with Crippen molar-refractivity contribution in [1.82, 2.24) is 9.55 Å². The molecule has 0 atom stereocenters. The number of esters is 1. The fourth-order valence-electron chi connectivity index (χ4n) is 3.69. The van der Waals surface area contributed by atoms with Crippen molar-refractivity contribution >= 4 is 46.3 Å². The van der Waals surface area contributed by atoms with E-state index in [-0.39, 0.29) is 18.4 Å². The maximum Gasteiger partial charge on any atom is 0.338 e. The molecule has 0 unspecified atom stereocenters. The second-order valence-corrected chi connectivity index (χ2v) is 9.04. The summed E-state index contributed by atoms with van der Waals surface area (Å²) in [6.45, 7) is 4.46. The standard InChI is InChI=1S/C26H31N3O5S/c1-3-5-11-23(30)28(20-14-12-19(13-15-20)25(33)34-4-2)16-8-17-35-26-27-21-9-6-7-10-22(21)29(26)18-24(31)32/h6-7,9-10,12-15H,3-5,8,11,16-18H2,1-2H3,(H,31,32). The highest BCUT2D eigenvalue weighted by Gasteiger charge is 2.17. The zero-order valence-corrected chi connectivity index (χ0v) is 20.9. The number of unbranched alkanes of at least 4 members (excludes halogenated alkanes) is 1. The molecule has 0 aliphatic heterocycles. The van der Waals surface area contributed by atoms with Gasteiger partial charge in [0.05, 0.1) is 23.2 Å². The number of thioether (sulfide) groups is 1. The number of rotatable bonds is 13. The number of ether oxygens (including phenoxy) is 1. The van der Waals surface area contributed by atoms with Crippen LogP contribution in [0.15, 0.2) is 53.7 Å². The summed E-state index contributed by atoms with van der Waals surface area (Å²) in [6.07, 6.45) is 2.89. The van der Waals surface area contributed by atoms with Gasteiger partial charge in [0.1, 0.15) is 6.54 Å². The van der Waals surface area contributed by atoms with Gasteiger partial charge in [-0.15, -0.1) is 0 Å². The van der Waals surface area contributed by atoms with Crippen molar-refractivity contribution in [3.63, 3.8) is 0 Å². The molecule has 1 aromatic heterocycles. The maximum atomic E-state index is 12.9. The average Bonchev–Trinajstić information content (AvgIpc) is 3.19. The normalized spacial score (nSPS) is 10.9. The van der Waals surface area contributed by atoms with Crippen LogP contribution in [0.2, 0.25) is 0 Å². The molecule has 0 fully saturated rings. The van der Waals surface area contributed by atoms with E-state index < -0.39 is 5.97 Å². The van der Waals surface area contributed by atoms with Gasteiger partial charge >= 0.3 is 11.9 Å². The minimum atomic E-state index is -0.922. The van der Waals surface area contributed by atoms with E-state index in [4.69, 9.17) is 4.74 Å². The van der Waals surface area contributed by atoms with Crippen LogP contribution in [0.5, 0.6) is 0 Å². The number of hydrogen-bond acceptors (Lipinski definition) is 6. The molecule has 0 aliphatic rings. The van der Waals surface area contributed by atoms with E-state index >= 15 is 0 Å². The monoisotopic (exact) mass is 497 g/mol. The molecule has 8 nitrogen and oxygen atoms in total. The number of carboxylic acids is 1. The van der Waals surface area contributed by atoms with Crippen LogP contribution < -0.4 is 4.90 Å². The number of hydrogen-bond donors (Lipinski definition) is 1. The molecule has 0 bridgehead atoms. The molecule has 0 radical (unpaired) electrons. The third-order valence-electron chi connectivity index (χ3n) is 5.41. The number of carbonyl (C=O) groups excluding carboxylic acids is 2. The van der Waals surface area contributed by atoms with Gasteiger partial charge in [0.15, 0.2) is 5.16 Å². The number of carbonyl (C=O) groups is 3. The summed E-state index contributed by atoms with van der Waals surface area (Å²) in [4.78, 5) is 42.6. The Morgan fingerprint density at radius 3 is 2.49 bits per heavy atom. The van der Waals surface area contributed by atoms with E-state index in [2.05, 4.69) is 4.98 Å². The predicted molar refractivity (Wildman–Crippen MR) is 137 cm³/mol. The van der Waals surface area contributed by atoms with Crippen LogP contribution >= 0.6 is 11.8 Å². The Morgan fingerprint density at radius 1 is 1.06 bits per heavy atom. The Labute approximate surface area is 209 Å². The number of benzene rings is 2. The molecule has 9 heteroatoms. The lowest BCUT2D eigenvalue weighted by atomic mass is 10.1. The lowest BCUT2D eigenvalue weighted by Gasteiger charge is -2.23. The summed E-state index contributed by atoms with van der Waals surface area (Å²) < 4.78 is 6.75. The first kappa shape index (κ1) is 26.3. The molecule has 3 aromatic rings. The van der Waals surface area contributed by atoms with Crippen LogP contribution in [0.4, 0.5) is 5.69 Å². The number of imidazole rings is 1. The van der Waals surface area contributed by atoms with E-state index in [1.165, 1.54) is 11.8 Å². The van der Waals surface area contributed by atoms with Gasteiger partial charge in [-0.25, -0.2) is 9.78 Å². The van der Waals surface area contributed by atoms with Crippen molar-refractivity contribution in [1.29, 1.82) is 0 Å². The highest BCUT2D eigenvalue weighted by Crippen LogP contribution is 2.25. The predicted octanol–water partition coefficient (Wildman–Crippen LogP) is 5.00. The minimum absolute atomic E-state index is 0.0406. The third-order valence-corrected chi connectivity index (χ3v) is 6.47. The molecular weight excluding hydrogens is 466 g/mol. The Balaban J connectivity index is 1.69. The van der Waals surface area contributed by atoms with Crippen molar-refractivity contribution < 1.29 is 24.2 Å². The van der Waals surface area contributed by atoms with Gasteiger partial charge in [-0.3, -0.25) is 9.59 Å². The molecule has 0 aliphatic carbocycles. The molecule has 35 heavy (non-hydrogen) atoms. The molecular formula is C26H31N3O5S. The molecule has 0 saturated carbocycles. The van der Waals surface area contributed by atoms with Crippen LogP contribution in [-0.2, 0) is 20.9 Å². The average molecular weight is 498 g/mol. The fraction of sp³-hybridized carbons (Fsp3) is 0.385. The molecule has 1 N–H and O–H groups in total. The highest BCUT2D eigenvalue weighted by atomic mass is 32.2. The van der Waals surface area contributed by atoms with Gasteiger partial charge in [0, 0.05) is 24.4 Å².